The van der Waals surface area contributed by atoms with Crippen molar-refractivity contribution in [3.63, 3.8) is 0 Å². The molecule has 114 valence electrons. The van der Waals surface area contributed by atoms with Crippen molar-refractivity contribution in [2.75, 3.05) is 13.1 Å². The number of hydrogen-bond acceptors (Lipinski definition) is 3. The van der Waals surface area contributed by atoms with Crippen molar-refractivity contribution in [3.8, 4) is 0 Å². The molecule has 5 heteroatoms. The number of amides is 1. The molecule has 1 unspecified atom stereocenters. The molecule has 3 nitrogen and oxygen atoms in total. The van der Waals surface area contributed by atoms with Crippen LogP contribution in [0.25, 0.3) is 0 Å². The highest BCUT2D eigenvalue weighted by Gasteiger charge is 2.17. The predicted octanol–water partition coefficient (Wildman–Crippen LogP) is 3.52. The van der Waals surface area contributed by atoms with E-state index in [1.54, 1.807) is 11.3 Å². The zero-order valence-electron chi connectivity index (χ0n) is 12.1. The first kappa shape index (κ1) is 17.5. The Kier molecular flexibility index (Phi) is 8.19. The van der Waals surface area contributed by atoms with Crippen LogP contribution in [0.3, 0.4) is 0 Å². The fraction of sp³-hybridized carbons (Fsp3) is 0.667. The minimum atomic E-state index is 0. The van der Waals surface area contributed by atoms with Crippen molar-refractivity contribution in [1.29, 1.82) is 0 Å². The van der Waals surface area contributed by atoms with Crippen LogP contribution in [0.5, 0.6) is 0 Å². The number of carbonyl (C=O) groups is 1. The Bertz CT molecular complexity index is 377. The molecule has 1 amide bonds. The maximum absolute atomic E-state index is 12.0. The summed E-state index contributed by atoms with van der Waals surface area (Å²) in [5.74, 6) is 0.938. The summed E-state index contributed by atoms with van der Waals surface area (Å²) in [6, 6.07) is 4.34. The van der Waals surface area contributed by atoms with E-state index in [9.17, 15) is 4.79 Å². The number of thiophene rings is 1. The van der Waals surface area contributed by atoms with Crippen LogP contribution >= 0.6 is 23.7 Å². The van der Waals surface area contributed by atoms with Gasteiger partial charge in [-0.25, -0.2) is 0 Å². The Labute approximate surface area is 131 Å². The highest BCUT2D eigenvalue weighted by atomic mass is 35.5. The minimum Gasteiger partial charge on any atom is -0.348 e. The molecule has 2 N–H and O–H groups in total. The zero-order valence-corrected chi connectivity index (χ0v) is 13.7. The smallest absolute Gasteiger partial charge is 0.220 e. The van der Waals surface area contributed by atoms with Crippen LogP contribution in [-0.4, -0.2) is 19.0 Å². The molecule has 20 heavy (non-hydrogen) atoms. The molecular formula is C15H25ClN2OS. The second kappa shape index (κ2) is 9.37. The Morgan fingerprint density at radius 3 is 2.85 bits per heavy atom. The van der Waals surface area contributed by atoms with Crippen LogP contribution < -0.4 is 10.6 Å². The Hall–Kier alpha value is -0.580. The van der Waals surface area contributed by atoms with Gasteiger partial charge < -0.3 is 10.6 Å². The molecule has 0 saturated carbocycles. The van der Waals surface area contributed by atoms with Gasteiger partial charge in [0.1, 0.15) is 0 Å². The predicted molar refractivity (Wildman–Crippen MR) is 87.6 cm³/mol. The first-order valence-electron chi connectivity index (χ1n) is 7.33. The highest BCUT2D eigenvalue weighted by Crippen LogP contribution is 2.22. The van der Waals surface area contributed by atoms with Crippen LogP contribution in [0.4, 0.5) is 0 Å². The van der Waals surface area contributed by atoms with Gasteiger partial charge in [-0.1, -0.05) is 13.0 Å². The Morgan fingerprint density at radius 1 is 1.50 bits per heavy atom. The maximum Gasteiger partial charge on any atom is 0.220 e. The molecule has 2 rings (SSSR count). The molecule has 1 aromatic rings. The molecule has 0 aromatic carbocycles. The van der Waals surface area contributed by atoms with Gasteiger partial charge >= 0.3 is 0 Å². The van der Waals surface area contributed by atoms with E-state index < -0.39 is 0 Å². The summed E-state index contributed by atoms with van der Waals surface area (Å²) < 4.78 is 0. The van der Waals surface area contributed by atoms with Gasteiger partial charge in [0.25, 0.3) is 0 Å². The van der Waals surface area contributed by atoms with Crippen molar-refractivity contribution >= 4 is 29.7 Å². The lowest BCUT2D eigenvalue weighted by molar-refractivity contribution is -0.122. The molecule has 1 aliphatic rings. The van der Waals surface area contributed by atoms with Gasteiger partial charge in [0.05, 0.1) is 6.04 Å². The van der Waals surface area contributed by atoms with E-state index in [1.807, 2.05) is 6.07 Å². The monoisotopic (exact) mass is 316 g/mol. The first-order chi connectivity index (χ1) is 9.29. The highest BCUT2D eigenvalue weighted by molar-refractivity contribution is 7.10. The van der Waals surface area contributed by atoms with E-state index in [-0.39, 0.29) is 24.4 Å². The number of hydrogen-bond donors (Lipinski definition) is 2. The third-order valence-corrected chi connectivity index (χ3v) is 4.85. The van der Waals surface area contributed by atoms with Crippen LogP contribution in [-0.2, 0) is 4.79 Å². The summed E-state index contributed by atoms with van der Waals surface area (Å²) in [4.78, 5) is 13.3. The summed E-state index contributed by atoms with van der Waals surface area (Å²) in [6.07, 6.45) is 5.10. The second-order valence-electron chi connectivity index (χ2n) is 5.28. The minimum absolute atomic E-state index is 0. The number of halogens is 1. The molecule has 1 aromatic heterocycles. The van der Waals surface area contributed by atoms with Crippen LogP contribution in [0, 0.1) is 5.92 Å². The van der Waals surface area contributed by atoms with E-state index in [4.69, 9.17) is 0 Å². The fourth-order valence-corrected chi connectivity index (χ4v) is 3.50. The van der Waals surface area contributed by atoms with Gasteiger partial charge in [0.2, 0.25) is 5.91 Å². The summed E-state index contributed by atoms with van der Waals surface area (Å²) in [6.45, 7) is 4.34. The quantitative estimate of drug-likeness (QED) is 0.843. The summed E-state index contributed by atoms with van der Waals surface area (Å²) in [5, 5.41) is 8.60. The second-order valence-corrected chi connectivity index (χ2v) is 6.26. The van der Waals surface area contributed by atoms with Crippen molar-refractivity contribution in [2.45, 2.75) is 45.1 Å². The molecule has 1 aliphatic heterocycles. The van der Waals surface area contributed by atoms with E-state index in [0.29, 0.717) is 6.42 Å². The third-order valence-electron chi connectivity index (χ3n) is 3.87. The van der Waals surface area contributed by atoms with E-state index in [2.05, 4.69) is 29.0 Å². The number of piperidine rings is 1. The summed E-state index contributed by atoms with van der Waals surface area (Å²) in [7, 11) is 0. The zero-order chi connectivity index (χ0) is 13.5. The third kappa shape index (κ3) is 5.43. The Morgan fingerprint density at radius 2 is 2.25 bits per heavy atom. The molecular weight excluding hydrogens is 292 g/mol. The molecule has 2 heterocycles. The SMILES string of the molecule is CCC(NC(=O)CCC1CCNCC1)c1cccs1.Cl. The fourth-order valence-electron chi connectivity index (χ4n) is 2.64. The van der Waals surface area contributed by atoms with Crippen LogP contribution in [0.2, 0.25) is 0 Å². The lowest BCUT2D eigenvalue weighted by atomic mass is 9.93. The average Bonchev–Trinajstić information content (AvgIpc) is 2.97. The van der Waals surface area contributed by atoms with Gasteiger partial charge in [-0.05, 0) is 56.1 Å². The number of carbonyl (C=O) groups excluding carboxylic acids is 1. The average molecular weight is 317 g/mol. The van der Waals surface area contributed by atoms with E-state index >= 15 is 0 Å². The molecule has 0 spiro atoms. The van der Waals surface area contributed by atoms with Gasteiger partial charge in [-0.3, -0.25) is 4.79 Å². The van der Waals surface area contributed by atoms with Gasteiger partial charge in [0.15, 0.2) is 0 Å². The molecule has 0 bridgehead atoms. The standard InChI is InChI=1S/C15H24N2OS.ClH/c1-2-13(14-4-3-11-19-14)17-15(18)6-5-12-7-9-16-10-8-12;/h3-4,11-13,16H,2,5-10H2,1H3,(H,17,18);1H. The normalized spacial score (nSPS) is 17.2. The lowest BCUT2D eigenvalue weighted by Gasteiger charge is -2.22. The van der Waals surface area contributed by atoms with E-state index in [1.165, 1.54) is 17.7 Å². The van der Waals surface area contributed by atoms with Crippen molar-refractivity contribution in [3.05, 3.63) is 22.4 Å². The molecule has 0 aliphatic carbocycles. The van der Waals surface area contributed by atoms with Gasteiger partial charge in [-0.15, -0.1) is 23.7 Å². The maximum atomic E-state index is 12.0. The van der Waals surface area contributed by atoms with Crippen molar-refractivity contribution in [1.82, 2.24) is 10.6 Å². The lowest BCUT2D eigenvalue weighted by Crippen LogP contribution is -2.30. The number of nitrogens with one attached hydrogen (secondary N) is 2. The first-order valence-corrected chi connectivity index (χ1v) is 8.21. The van der Waals surface area contributed by atoms with Crippen LogP contribution in [0.1, 0.15) is 49.9 Å². The van der Waals surface area contributed by atoms with E-state index in [0.717, 1.165) is 31.8 Å². The molecule has 1 fully saturated rings. The number of rotatable bonds is 6. The van der Waals surface area contributed by atoms with Gasteiger partial charge in [-0.2, -0.15) is 0 Å². The molecule has 0 radical (unpaired) electrons. The molecule has 1 saturated heterocycles. The van der Waals surface area contributed by atoms with Crippen molar-refractivity contribution < 1.29 is 4.79 Å². The summed E-state index contributed by atoms with van der Waals surface area (Å²) >= 11 is 1.72. The summed E-state index contributed by atoms with van der Waals surface area (Å²) in [5.41, 5.74) is 0. The largest absolute Gasteiger partial charge is 0.348 e. The topological polar surface area (TPSA) is 41.1 Å². The van der Waals surface area contributed by atoms with Crippen LogP contribution in [0.15, 0.2) is 17.5 Å². The molecule has 1 atom stereocenters. The van der Waals surface area contributed by atoms with Crippen molar-refractivity contribution in [2.24, 2.45) is 5.92 Å². The van der Waals surface area contributed by atoms with Gasteiger partial charge in [0, 0.05) is 11.3 Å². The Balaban J connectivity index is 0.00000200.